The third-order valence-electron chi connectivity index (χ3n) is 9.83. The summed E-state index contributed by atoms with van der Waals surface area (Å²) in [5.41, 5.74) is 0.727. The number of rotatable bonds is 1. The lowest BCUT2D eigenvalue weighted by molar-refractivity contribution is -0.168. The topological polar surface area (TPSA) is 60.4 Å². The smallest absolute Gasteiger partial charge is 0.306 e. The first-order chi connectivity index (χ1) is 13.2. The maximum atomic E-state index is 12.7. The average molecular weight is 385 g/mol. The van der Waals surface area contributed by atoms with Gasteiger partial charge in [0.2, 0.25) is 0 Å². The van der Waals surface area contributed by atoms with E-state index in [1.165, 1.54) is 0 Å². The molecule has 3 saturated carbocycles. The summed E-state index contributed by atoms with van der Waals surface area (Å²) in [4.78, 5) is 36.9. The van der Waals surface area contributed by atoms with Gasteiger partial charge in [-0.05, 0) is 80.1 Å². The number of esters is 1. The van der Waals surface area contributed by atoms with Crippen LogP contribution in [0.2, 0.25) is 0 Å². The van der Waals surface area contributed by atoms with Crippen molar-refractivity contribution >= 4 is 17.5 Å². The summed E-state index contributed by atoms with van der Waals surface area (Å²) in [5.74, 6) is 1.78. The average Bonchev–Trinajstić information content (AvgIpc) is 3.16. The summed E-state index contributed by atoms with van der Waals surface area (Å²) in [5, 5.41) is 0. The first-order valence-electron chi connectivity index (χ1n) is 11.2. The van der Waals surface area contributed by atoms with Gasteiger partial charge in [0.15, 0.2) is 5.78 Å². The van der Waals surface area contributed by atoms with E-state index in [-0.39, 0.29) is 40.0 Å². The highest BCUT2D eigenvalue weighted by Gasteiger charge is 2.68. The molecule has 4 aliphatic carbocycles. The number of ether oxygens (including phenoxy) is 1. The molecule has 4 nitrogen and oxygen atoms in total. The Morgan fingerprint density at radius 1 is 1.04 bits per heavy atom. The molecule has 28 heavy (non-hydrogen) atoms. The number of hydrogen-bond donors (Lipinski definition) is 0. The highest BCUT2D eigenvalue weighted by atomic mass is 16.6. The van der Waals surface area contributed by atoms with Crippen LogP contribution in [-0.2, 0) is 19.1 Å². The second-order valence-electron chi connectivity index (χ2n) is 10.7. The second-order valence-corrected chi connectivity index (χ2v) is 10.7. The molecule has 4 unspecified atom stereocenters. The first-order valence-corrected chi connectivity index (χ1v) is 11.2. The van der Waals surface area contributed by atoms with Gasteiger partial charge in [-0.1, -0.05) is 19.9 Å². The molecule has 1 aliphatic heterocycles. The Bertz CT molecular complexity index is 796. The van der Waals surface area contributed by atoms with Crippen molar-refractivity contribution in [3.63, 3.8) is 0 Å². The van der Waals surface area contributed by atoms with Crippen molar-refractivity contribution in [2.75, 3.05) is 0 Å². The minimum Gasteiger partial charge on any atom is -0.458 e. The molecule has 4 fully saturated rings. The Labute approximate surface area is 167 Å². The molecule has 1 spiro atoms. The summed E-state index contributed by atoms with van der Waals surface area (Å²) in [6.45, 7) is 6.40. The molecule has 0 aromatic carbocycles. The van der Waals surface area contributed by atoms with Gasteiger partial charge < -0.3 is 4.74 Å². The number of Topliss-reactive ketones (excluding diaryl/α,β-unsaturated/α-hetero) is 2. The minimum atomic E-state index is -0.318. The molecule has 0 N–H and O–H groups in total. The Hall–Kier alpha value is -1.45. The third kappa shape index (κ3) is 2.21. The molecule has 5 rings (SSSR count). The number of carbonyl (C=O) groups is 3. The predicted octanol–water partition coefficient (Wildman–Crippen LogP) is 4.41. The van der Waals surface area contributed by atoms with Gasteiger partial charge in [-0.2, -0.15) is 0 Å². The summed E-state index contributed by atoms with van der Waals surface area (Å²) in [7, 11) is 0. The van der Waals surface area contributed by atoms with Crippen molar-refractivity contribution < 1.29 is 19.1 Å². The van der Waals surface area contributed by atoms with Crippen LogP contribution in [0.5, 0.6) is 0 Å². The zero-order chi connectivity index (χ0) is 19.9. The number of allylic oxidation sites excluding steroid dienone is 2. The monoisotopic (exact) mass is 384 g/mol. The van der Waals surface area contributed by atoms with E-state index < -0.39 is 0 Å². The molecular weight excluding hydrogens is 352 g/mol. The predicted molar refractivity (Wildman–Crippen MR) is 104 cm³/mol. The van der Waals surface area contributed by atoms with Crippen molar-refractivity contribution in [3.8, 4) is 0 Å². The summed E-state index contributed by atoms with van der Waals surface area (Å²) in [6.07, 6.45) is 9.90. The summed E-state index contributed by atoms with van der Waals surface area (Å²) >= 11 is 0. The summed E-state index contributed by atoms with van der Waals surface area (Å²) < 4.78 is 6.02. The lowest BCUT2D eigenvalue weighted by atomic mass is 9.44. The second kappa shape index (κ2) is 5.79. The van der Waals surface area contributed by atoms with E-state index in [0.717, 1.165) is 44.1 Å². The molecule has 0 aromatic rings. The van der Waals surface area contributed by atoms with Gasteiger partial charge in [0, 0.05) is 24.7 Å². The van der Waals surface area contributed by atoms with E-state index in [1.54, 1.807) is 6.92 Å². The van der Waals surface area contributed by atoms with Crippen LogP contribution in [0.4, 0.5) is 0 Å². The zero-order valence-corrected chi connectivity index (χ0v) is 17.4. The normalized spacial score (nSPS) is 49.9. The Kier molecular flexibility index (Phi) is 3.84. The van der Waals surface area contributed by atoms with Gasteiger partial charge >= 0.3 is 5.97 Å². The highest BCUT2D eigenvalue weighted by Crippen LogP contribution is 2.70. The molecule has 0 amide bonds. The van der Waals surface area contributed by atoms with Crippen LogP contribution < -0.4 is 0 Å². The standard InChI is InChI=1S/C24H32O4/c1-14(25)17-13-15-12-16(26)4-8-22(15,2)18-5-9-23(3)19(21(17)18)6-10-24(23)11-7-20(27)28-24/h13,15,18-19,21H,4-12H2,1-3H3/t15?,18?,19?,21?,22-,23-,24+/m0/s1. The van der Waals surface area contributed by atoms with E-state index in [1.807, 2.05) is 0 Å². The number of carbonyl (C=O) groups excluding carboxylic acids is 3. The van der Waals surface area contributed by atoms with Crippen molar-refractivity contribution in [1.29, 1.82) is 0 Å². The van der Waals surface area contributed by atoms with E-state index in [4.69, 9.17) is 4.74 Å². The molecule has 4 heteroatoms. The molecule has 1 heterocycles. The van der Waals surface area contributed by atoms with Crippen molar-refractivity contribution in [2.45, 2.75) is 84.2 Å². The molecule has 0 radical (unpaired) electrons. The number of ketones is 2. The van der Waals surface area contributed by atoms with Crippen LogP contribution in [0.15, 0.2) is 11.6 Å². The third-order valence-corrected chi connectivity index (χ3v) is 9.83. The maximum Gasteiger partial charge on any atom is 0.306 e. The molecule has 0 aromatic heterocycles. The van der Waals surface area contributed by atoms with Crippen LogP contribution in [0, 0.1) is 34.5 Å². The molecular formula is C24H32O4. The Morgan fingerprint density at radius 3 is 2.46 bits per heavy atom. The number of hydrogen-bond acceptors (Lipinski definition) is 4. The highest BCUT2D eigenvalue weighted by molar-refractivity contribution is 5.94. The van der Waals surface area contributed by atoms with Gasteiger partial charge in [0.05, 0.1) is 0 Å². The van der Waals surface area contributed by atoms with Gasteiger partial charge in [0.1, 0.15) is 11.4 Å². The van der Waals surface area contributed by atoms with E-state index in [0.29, 0.717) is 36.9 Å². The molecule has 1 saturated heterocycles. The summed E-state index contributed by atoms with van der Waals surface area (Å²) in [6, 6.07) is 0. The van der Waals surface area contributed by atoms with Gasteiger partial charge in [-0.3, -0.25) is 14.4 Å². The van der Waals surface area contributed by atoms with Crippen LogP contribution >= 0.6 is 0 Å². The lowest BCUT2D eigenvalue weighted by Crippen LogP contribution is -2.56. The Morgan fingerprint density at radius 2 is 1.79 bits per heavy atom. The van der Waals surface area contributed by atoms with Gasteiger partial charge in [0.25, 0.3) is 0 Å². The van der Waals surface area contributed by atoms with E-state index >= 15 is 0 Å². The van der Waals surface area contributed by atoms with Gasteiger partial charge in [-0.25, -0.2) is 0 Å². The van der Waals surface area contributed by atoms with Crippen LogP contribution in [-0.4, -0.2) is 23.1 Å². The molecule has 5 aliphatic rings. The van der Waals surface area contributed by atoms with E-state index in [9.17, 15) is 14.4 Å². The zero-order valence-electron chi connectivity index (χ0n) is 17.4. The molecule has 7 atom stereocenters. The fraction of sp³-hybridized carbons (Fsp3) is 0.792. The first kappa shape index (κ1) is 18.6. The van der Waals surface area contributed by atoms with Gasteiger partial charge in [-0.15, -0.1) is 0 Å². The van der Waals surface area contributed by atoms with Crippen LogP contribution in [0.25, 0.3) is 0 Å². The largest absolute Gasteiger partial charge is 0.458 e. The van der Waals surface area contributed by atoms with E-state index in [2.05, 4.69) is 19.9 Å². The molecule has 0 bridgehead atoms. The SMILES string of the molecule is CC(=O)C1=CC2CC(=O)CC[C@]2(C)C2CC[C@@]3(C)C(CC[C@@]34CCC(=O)O4)C12. The maximum absolute atomic E-state index is 12.7. The van der Waals surface area contributed by atoms with Crippen LogP contribution in [0.3, 0.4) is 0 Å². The Balaban J connectivity index is 1.59. The van der Waals surface area contributed by atoms with Crippen molar-refractivity contribution in [1.82, 2.24) is 0 Å². The fourth-order valence-electron chi connectivity index (χ4n) is 8.17. The fourth-order valence-corrected chi connectivity index (χ4v) is 8.17. The van der Waals surface area contributed by atoms with Crippen LogP contribution in [0.1, 0.15) is 78.6 Å². The lowest BCUT2D eigenvalue weighted by Gasteiger charge is -2.60. The van der Waals surface area contributed by atoms with Crippen molar-refractivity contribution in [2.24, 2.45) is 34.5 Å². The minimum absolute atomic E-state index is 0.0391. The number of fused-ring (bicyclic) bond motifs is 6. The van der Waals surface area contributed by atoms with Crippen molar-refractivity contribution in [3.05, 3.63) is 11.6 Å². The quantitative estimate of drug-likeness (QED) is 0.628. The molecule has 152 valence electrons.